The average Bonchev–Trinajstić information content (AvgIpc) is 2.33. The maximum Gasteiger partial charge on any atom is 0.159 e. The van der Waals surface area contributed by atoms with Gasteiger partial charge < -0.3 is 5.11 Å². The molecule has 5 heteroatoms. The minimum Gasteiger partial charge on any atom is -0.390 e. The van der Waals surface area contributed by atoms with Gasteiger partial charge in [0, 0.05) is 11.8 Å². The largest absolute Gasteiger partial charge is 0.390 e. The Labute approximate surface area is 90.4 Å². The van der Waals surface area contributed by atoms with Crippen LogP contribution < -0.4 is 0 Å². The lowest BCUT2D eigenvalue weighted by Gasteiger charge is -2.02. The van der Waals surface area contributed by atoms with Gasteiger partial charge in [-0.3, -0.25) is 0 Å². The summed E-state index contributed by atoms with van der Waals surface area (Å²) >= 11 is 0. The number of halogens is 2. The summed E-state index contributed by atoms with van der Waals surface area (Å²) in [6, 6.07) is 4.96. The number of aliphatic hydroxyl groups excluding tert-OH is 1. The molecule has 0 saturated heterocycles. The number of benzene rings is 1. The van der Waals surface area contributed by atoms with Crippen LogP contribution in [0.3, 0.4) is 0 Å². The Hall–Kier alpha value is -1.88. The van der Waals surface area contributed by atoms with Crippen molar-refractivity contribution in [2.75, 3.05) is 0 Å². The van der Waals surface area contributed by atoms with Gasteiger partial charge in [-0.1, -0.05) is 0 Å². The molecule has 2 rings (SSSR count). The third-order valence-corrected chi connectivity index (χ3v) is 2.05. The standard InChI is InChI=1S/C11H8F2N2O/c12-9-2-1-7(5-10(9)13)11-14-4-3-8(6-16)15-11/h1-5,16H,6H2. The van der Waals surface area contributed by atoms with Crippen molar-refractivity contribution in [3.05, 3.63) is 47.8 Å². The molecule has 16 heavy (non-hydrogen) atoms. The molecule has 1 aromatic heterocycles. The van der Waals surface area contributed by atoms with Crippen LogP contribution in [0.2, 0.25) is 0 Å². The van der Waals surface area contributed by atoms with E-state index < -0.39 is 11.6 Å². The van der Waals surface area contributed by atoms with Gasteiger partial charge in [0.1, 0.15) is 0 Å². The molecular formula is C11H8F2N2O. The van der Waals surface area contributed by atoms with Crippen molar-refractivity contribution in [2.24, 2.45) is 0 Å². The molecule has 0 amide bonds. The fourth-order valence-corrected chi connectivity index (χ4v) is 1.26. The summed E-state index contributed by atoms with van der Waals surface area (Å²) in [5.74, 6) is -1.61. The van der Waals surface area contributed by atoms with Crippen LogP contribution in [-0.4, -0.2) is 15.1 Å². The fraction of sp³-hybridized carbons (Fsp3) is 0.0909. The smallest absolute Gasteiger partial charge is 0.159 e. The van der Waals surface area contributed by atoms with Crippen molar-refractivity contribution in [3.63, 3.8) is 0 Å². The maximum absolute atomic E-state index is 13.0. The molecule has 0 bridgehead atoms. The third kappa shape index (κ3) is 2.04. The van der Waals surface area contributed by atoms with Gasteiger partial charge >= 0.3 is 0 Å². The second kappa shape index (κ2) is 4.32. The summed E-state index contributed by atoms with van der Waals surface area (Å²) in [5.41, 5.74) is 0.795. The van der Waals surface area contributed by atoms with Gasteiger partial charge in [-0.25, -0.2) is 18.7 Å². The van der Waals surface area contributed by atoms with E-state index in [1.165, 1.54) is 12.3 Å². The van der Waals surface area contributed by atoms with E-state index in [-0.39, 0.29) is 12.4 Å². The SMILES string of the molecule is OCc1ccnc(-c2ccc(F)c(F)c2)n1. The first-order chi connectivity index (χ1) is 7.70. The molecule has 0 fully saturated rings. The second-order valence-electron chi connectivity index (χ2n) is 3.16. The molecule has 2 aromatic rings. The molecule has 1 N–H and O–H groups in total. The Bertz CT molecular complexity index is 517. The van der Waals surface area contributed by atoms with Crippen LogP contribution in [0.15, 0.2) is 30.5 Å². The van der Waals surface area contributed by atoms with E-state index in [0.717, 1.165) is 12.1 Å². The van der Waals surface area contributed by atoms with Gasteiger partial charge in [0.25, 0.3) is 0 Å². The van der Waals surface area contributed by atoms with Gasteiger partial charge in [0.2, 0.25) is 0 Å². The van der Waals surface area contributed by atoms with Crippen LogP contribution in [-0.2, 0) is 6.61 Å². The van der Waals surface area contributed by atoms with Crippen LogP contribution in [0.25, 0.3) is 11.4 Å². The van der Waals surface area contributed by atoms with Crippen molar-refractivity contribution in [2.45, 2.75) is 6.61 Å². The lowest BCUT2D eigenvalue weighted by atomic mass is 10.2. The number of hydrogen-bond acceptors (Lipinski definition) is 3. The molecule has 0 atom stereocenters. The summed E-state index contributed by atoms with van der Waals surface area (Å²) in [7, 11) is 0. The second-order valence-corrected chi connectivity index (χ2v) is 3.16. The first-order valence-electron chi connectivity index (χ1n) is 4.59. The van der Waals surface area contributed by atoms with E-state index >= 15 is 0 Å². The molecule has 0 aliphatic rings. The Morgan fingerprint density at radius 1 is 1.12 bits per heavy atom. The Morgan fingerprint density at radius 3 is 2.62 bits per heavy atom. The van der Waals surface area contributed by atoms with Crippen molar-refractivity contribution in [1.82, 2.24) is 9.97 Å². The first-order valence-corrected chi connectivity index (χ1v) is 4.59. The number of hydrogen-bond donors (Lipinski definition) is 1. The van der Waals surface area contributed by atoms with Crippen molar-refractivity contribution >= 4 is 0 Å². The fourth-order valence-electron chi connectivity index (χ4n) is 1.26. The quantitative estimate of drug-likeness (QED) is 0.844. The molecule has 1 aromatic carbocycles. The molecule has 0 radical (unpaired) electrons. The molecule has 0 saturated carbocycles. The summed E-state index contributed by atoms with van der Waals surface area (Å²) in [6.07, 6.45) is 1.45. The van der Waals surface area contributed by atoms with Gasteiger partial charge in [-0.2, -0.15) is 0 Å². The molecule has 0 spiro atoms. The number of rotatable bonds is 2. The summed E-state index contributed by atoms with van der Waals surface area (Å²) in [6.45, 7) is -0.223. The zero-order valence-electron chi connectivity index (χ0n) is 8.19. The van der Waals surface area contributed by atoms with E-state index in [4.69, 9.17) is 5.11 Å². The third-order valence-electron chi connectivity index (χ3n) is 2.05. The molecule has 82 valence electrons. The highest BCUT2D eigenvalue weighted by atomic mass is 19.2. The molecule has 0 unspecified atom stereocenters. The number of nitrogens with zero attached hydrogens (tertiary/aromatic N) is 2. The highest BCUT2D eigenvalue weighted by Crippen LogP contribution is 2.17. The zero-order valence-corrected chi connectivity index (χ0v) is 8.19. The normalized spacial score (nSPS) is 10.4. The van der Waals surface area contributed by atoms with Crippen LogP contribution >= 0.6 is 0 Å². The van der Waals surface area contributed by atoms with Crippen LogP contribution in [0.4, 0.5) is 8.78 Å². The predicted molar refractivity (Wildman–Crippen MR) is 53.3 cm³/mol. The lowest BCUT2D eigenvalue weighted by Crippen LogP contribution is -1.95. The summed E-state index contributed by atoms with van der Waals surface area (Å²) < 4.78 is 25.7. The first kappa shape index (κ1) is 10.6. The van der Waals surface area contributed by atoms with E-state index in [1.807, 2.05) is 0 Å². The Balaban J connectivity index is 2.46. The Kier molecular flexibility index (Phi) is 2.87. The highest BCUT2D eigenvalue weighted by Gasteiger charge is 2.06. The van der Waals surface area contributed by atoms with Crippen LogP contribution in [0.5, 0.6) is 0 Å². The highest BCUT2D eigenvalue weighted by molar-refractivity contribution is 5.54. The van der Waals surface area contributed by atoms with Gasteiger partial charge in [0.05, 0.1) is 12.3 Å². The van der Waals surface area contributed by atoms with Gasteiger partial charge in [0.15, 0.2) is 17.5 Å². The zero-order chi connectivity index (χ0) is 11.5. The minimum absolute atomic E-state index is 0.223. The van der Waals surface area contributed by atoms with E-state index in [9.17, 15) is 8.78 Å². The minimum atomic E-state index is -0.949. The molecule has 3 nitrogen and oxygen atoms in total. The summed E-state index contributed by atoms with van der Waals surface area (Å²) in [4.78, 5) is 7.90. The van der Waals surface area contributed by atoms with Crippen LogP contribution in [0, 0.1) is 11.6 Å². The van der Waals surface area contributed by atoms with Gasteiger partial charge in [-0.05, 0) is 24.3 Å². The van der Waals surface area contributed by atoms with Crippen molar-refractivity contribution < 1.29 is 13.9 Å². The molecule has 0 aliphatic heterocycles. The topological polar surface area (TPSA) is 46.0 Å². The van der Waals surface area contributed by atoms with E-state index in [1.54, 1.807) is 6.07 Å². The van der Waals surface area contributed by atoms with E-state index in [2.05, 4.69) is 9.97 Å². The average molecular weight is 222 g/mol. The lowest BCUT2D eigenvalue weighted by molar-refractivity contribution is 0.277. The van der Waals surface area contributed by atoms with E-state index in [0.29, 0.717) is 11.3 Å². The monoisotopic (exact) mass is 222 g/mol. The predicted octanol–water partition coefficient (Wildman–Crippen LogP) is 1.91. The van der Waals surface area contributed by atoms with Gasteiger partial charge in [-0.15, -0.1) is 0 Å². The van der Waals surface area contributed by atoms with Crippen molar-refractivity contribution in [3.8, 4) is 11.4 Å². The Morgan fingerprint density at radius 2 is 1.94 bits per heavy atom. The molecule has 0 aliphatic carbocycles. The van der Waals surface area contributed by atoms with Crippen LogP contribution in [0.1, 0.15) is 5.69 Å². The maximum atomic E-state index is 13.0. The summed E-state index contributed by atoms with van der Waals surface area (Å²) in [5, 5.41) is 8.88. The van der Waals surface area contributed by atoms with Crippen molar-refractivity contribution in [1.29, 1.82) is 0 Å². The molecular weight excluding hydrogens is 214 g/mol. The number of aromatic nitrogens is 2. The number of aliphatic hydroxyl groups is 1. The molecule has 1 heterocycles.